The van der Waals surface area contributed by atoms with Gasteiger partial charge in [0.1, 0.15) is 5.78 Å². The molecule has 0 fully saturated rings. The maximum absolute atomic E-state index is 12.0. The van der Waals surface area contributed by atoms with Gasteiger partial charge in [-0.1, -0.05) is 38.5 Å². The van der Waals surface area contributed by atoms with Gasteiger partial charge in [0.05, 0.1) is 54.2 Å². The molecule has 0 saturated carbocycles. The van der Waals surface area contributed by atoms with E-state index in [1.807, 2.05) is 69.2 Å². The Bertz CT molecular complexity index is 950. The van der Waals surface area contributed by atoms with Gasteiger partial charge in [0.2, 0.25) is 0 Å². The van der Waals surface area contributed by atoms with Crippen molar-refractivity contribution in [2.75, 3.05) is 26.4 Å². The summed E-state index contributed by atoms with van der Waals surface area (Å²) in [7, 11) is 0. The number of esters is 4. The Labute approximate surface area is 317 Å². The normalized spacial score (nSPS) is 12.1. The third-order valence-electron chi connectivity index (χ3n) is 9.51. The Morgan fingerprint density at radius 2 is 0.654 bits per heavy atom. The highest BCUT2D eigenvalue weighted by molar-refractivity contribution is 5.78. The van der Waals surface area contributed by atoms with E-state index in [2.05, 4.69) is 0 Å². The number of hydrogen-bond acceptors (Lipinski definition) is 10. The fourth-order valence-corrected chi connectivity index (χ4v) is 5.66. The summed E-state index contributed by atoms with van der Waals surface area (Å²) in [6, 6.07) is 0. The summed E-state index contributed by atoms with van der Waals surface area (Å²) in [5, 5.41) is 10.1. The maximum Gasteiger partial charge on any atom is 0.311 e. The largest absolute Gasteiger partial charge is 0.466 e. The summed E-state index contributed by atoms with van der Waals surface area (Å²) in [6.07, 6.45) is 12.2. The molecule has 10 nitrogen and oxygen atoms in total. The minimum absolute atomic E-state index is 0.148. The van der Waals surface area contributed by atoms with E-state index in [-0.39, 0.29) is 35.8 Å². The fourth-order valence-electron chi connectivity index (χ4n) is 5.66. The van der Waals surface area contributed by atoms with Crippen molar-refractivity contribution in [3.05, 3.63) is 0 Å². The van der Waals surface area contributed by atoms with E-state index in [1.54, 1.807) is 13.8 Å². The Morgan fingerprint density at radius 1 is 0.423 bits per heavy atom. The lowest BCUT2D eigenvalue weighted by Gasteiger charge is -2.23. The average molecular weight is 743 g/mol. The lowest BCUT2D eigenvalue weighted by Crippen LogP contribution is -2.26. The minimum Gasteiger partial charge on any atom is -0.466 e. The Morgan fingerprint density at radius 3 is 0.885 bits per heavy atom. The van der Waals surface area contributed by atoms with Crippen molar-refractivity contribution in [3.63, 3.8) is 0 Å². The summed E-state index contributed by atoms with van der Waals surface area (Å²) < 4.78 is 20.3. The van der Waals surface area contributed by atoms with Crippen molar-refractivity contribution in [3.8, 4) is 0 Å². The number of unbranched alkanes of at least 4 members (excludes halogenated alkanes) is 4. The molecule has 0 aliphatic carbocycles. The van der Waals surface area contributed by atoms with Gasteiger partial charge >= 0.3 is 23.9 Å². The number of carbonyl (C=O) groups is 5. The molecule has 0 aliphatic heterocycles. The van der Waals surface area contributed by atoms with Gasteiger partial charge in [-0.05, 0) is 134 Å². The first-order chi connectivity index (χ1) is 24.1. The molecule has 0 heterocycles. The van der Waals surface area contributed by atoms with E-state index in [1.165, 1.54) is 0 Å². The molecule has 306 valence electrons. The van der Waals surface area contributed by atoms with E-state index in [4.69, 9.17) is 18.9 Å². The highest BCUT2D eigenvalue weighted by Crippen LogP contribution is 2.29. The molecule has 0 saturated heterocycles. The number of carbonyl (C=O) groups excluding carboxylic acids is 5. The fraction of sp³-hybridized carbons (Fsp3) is 0.881. The zero-order valence-corrected chi connectivity index (χ0v) is 35.3. The molecule has 10 heteroatoms. The Balaban J connectivity index is 0. The van der Waals surface area contributed by atoms with Crippen LogP contribution in [0.15, 0.2) is 0 Å². The summed E-state index contributed by atoms with van der Waals surface area (Å²) in [6.45, 7) is 24.0. The van der Waals surface area contributed by atoms with Gasteiger partial charge in [-0.3, -0.25) is 24.0 Å². The van der Waals surface area contributed by atoms with E-state index in [9.17, 15) is 29.1 Å². The molecule has 0 bridgehead atoms. The van der Waals surface area contributed by atoms with Gasteiger partial charge in [-0.25, -0.2) is 0 Å². The summed E-state index contributed by atoms with van der Waals surface area (Å²) in [5.41, 5.74) is -1.89. The number of Topliss-reactive ketones (excluding diaryl/α,β-unsaturated/α-hetero) is 1. The molecule has 1 N–H and O–H groups in total. The van der Waals surface area contributed by atoms with Gasteiger partial charge < -0.3 is 24.1 Å². The zero-order chi connectivity index (χ0) is 40.4. The quantitative estimate of drug-likeness (QED) is 0.0468. The number of ketones is 1. The smallest absolute Gasteiger partial charge is 0.311 e. The van der Waals surface area contributed by atoms with Crippen LogP contribution in [0.1, 0.15) is 186 Å². The SMILES string of the molecule is CCOC(=O)C(C)(C)CCCCC(=O)CCCCC(C)(C)C(=O)OCC.CCOC(=O)C(C)(C)CCCCC(O)CCCCC(C)(C)C(=O)OCC. The van der Waals surface area contributed by atoms with Crippen LogP contribution < -0.4 is 0 Å². The number of hydrogen-bond donors (Lipinski definition) is 1. The first-order valence-electron chi connectivity index (χ1n) is 20.0. The molecule has 0 aromatic carbocycles. The second-order valence-electron chi connectivity index (χ2n) is 16.5. The minimum atomic E-state index is -0.488. The highest BCUT2D eigenvalue weighted by Gasteiger charge is 2.31. The van der Waals surface area contributed by atoms with Crippen molar-refractivity contribution in [2.24, 2.45) is 21.7 Å². The van der Waals surface area contributed by atoms with Crippen LogP contribution in [0.2, 0.25) is 0 Å². The second kappa shape index (κ2) is 27.1. The molecular formula is C42H78O10. The lowest BCUT2D eigenvalue weighted by molar-refractivity contribution is -0.154. The van der Waals surface area contributed by atoms with Gasteiger partial charge in [0.25, 0.3) is 0 Å². The monoisotopic (exact) mass is 743 g/mol. The van der Waals surface area contributed by atoms with Crippen LogP contribution in [-0.4, -0.2) is 67.3 Å². The van der Waals surface area contributed by atoms with Gasteiger partial charge in [-0.2, -0.15) is 0 Å². The summed E-state index contributed by atoms with van der Waals surface area (Å²) in [4.78, 5) is 59.3. The van der Waals surface area contributed by atoms with Crippen LogP contribution in [0.25, 0.3) is 0 Å². The van der Waals surface area contributed by atoms with Crippen molar-refractivity contribution >= 4 is 29.7 Å². The first kappa shape index (κ1) is 51.6. The van der Waals surface area contributed by atoms with Crippen LogP contribution in [-0.2, 0) is 42.9 Å². The standard InChI is InChI=1S/C21H40O5.C21H38O5/c2*1-7-25-18(23)20(3,4)15-11-9-13-17(22)14-10-12-16-21(5,6)19(24)26-8-2/h17,22H,7-16H2,1-6H3;7-16H2,1-6H3. The molecule has 0 aromatic rings. The third kappa shape index (κ3) is 23.9. The van der Waals surface area contributed by atoms with Crippen LogP contribution >= 0.6 is 0 Å². The number of rotatable bonds is 28. The summed E-state index contributed by atoms with van der Waals surface area (Å²) >= 11 is 0. The van der Waals surface area contributed by atoms with Crippen molar-refractivity contribution in [1.29, 1.82) is 0 Å². The maximum atomic E-state index is 12.0. The number of aliphatic hydroxyl groups excluding tert-OH is 1. The van der Waals surface area contributed by atoms with Gasteiger partial charge in [0, 0.05) is 12.8 Å². The molecule has 0 aliphatic rings. The van der Waals surface area contributed by atoms with E-state index < -0.39 is 21.7 Å². The molecule has 0 rings (SSSR count). The van der Waals surface area contributed by atoms with Crippen molar-refractivity contribution < 1.29 is 48.0 Å². The number of aliphatic hydroxyl groups is 1. The molecule has 0 amide bonds. The molecule has 0 spiro atoms. The first-order valence-corrected chi connectivity index (χ1v) is 20.0. The van der Waals surface area contributed by atoms with Crippen molar-refractivity contribution in [2.45, 2.75) is 192 Å². The Kier molecular flexibility index (Phi) is 26.9. The predicted molar refractivity (Wildman–Crippen MR) is 207 cm³/mol. The molecule has 0 atom stereocenters. The third-order valence-corrected chi connectivity index (χ3v) is 9.51. The second-order valence-corrected chi connectivity index (χ2v) is 16.5. The highest BCUT2D eigenvalue weighted by atomic mass is 16.5. The van der Waals surface area contributed by atoms with E-state index in [0.29, 0.717) is 39.3 Å². The van der Waals surface area contributed by atoms with Crippen molar-refractivity contribution in [1.82, 2.24) is 0 Å². The summed E-state index contributed by atoms with van der Waals surface area (Å²) in [5.74, 6) is -0.381. The molecule has 52 heavy (non-hydrogen) atoms. The zero-order valence-electron chi connectivity index (χ0n) is 35.3. The average Bonchev–Trinajstić information content (AvgIpc) is 3.06. The van der Waals surface area contributed by atoms with Crippen LogP contribution in [0.4, 0.5) is 0 Å². The van der Waals surface area contributed by atoms with Crippen LogP contribution in [0, 0.1) is 21.7 Å². The molecule has 0 aromatic heterocycles. The van der Waals surface area contributed by atoms with Crippen LogP contribution in [0.3, 0.4) is 0 Å². The Hall–Kier alpha value is -2.49. The van der Waals surface area contributed by atoms with E-state index in [0.717, 1.165) is 89.9 Å². The molecule has 0 unspecified atom stereocenters. The lowest BCUT2D eigenvalue weighted by atomic mass is 9.86. The predicted octanol–water partition coefficient (Wildman–Crippen LogP) is 9.50. The van der Waals surface area contributed by atoms with Gasteiger partial charge in [0.15, 0.2) is 0 Å². The van der Waals surface area contributed by atoms with Crippen LogP contribution in [0.5, 0.6) is 0 Å². The molecular weight excluding hydrogens is 664 g/mol. The number of ether oxygens (including phenoxy) is 4. The van der Waals surface area contributed by atoms with E-state index >= 15 is 0 Å². The molecule has 0 radical (unpaired) electrons. The van der Waals surface area contributed by atoms with Gasteiger partial charge in [-0.15, -0.1) is 0 Å². The topological polar surface area (TPSA) is 142 Å².